The molecule has 4 rings (SSSR count). The third-order valence-electron chi connectivity index (χ3n) is 5.17. The number of nitrogens with zero attached hydrogens (tertiary/aromatic N) is 5. The van der Waals surface area contributed by atoms with Gasteiger partial charge in [0.05, 0.1) is 19.8 Å². The van der Waals surface area contributed by atoms with E-state index in [2.05, 4.69) is 22.0 Å². The number of aromatic nitrogens is 3. The highest BCUT2D eigenvalue weighted by Gasteiger charge is 2.26. The first kappa shape index (κ1) is 17.2. The van der Waals surface area contributed by atoms with Crippen LogP contribution in [0.5, 0.6) is 0 Å². The molecule has 0 radical (unpaired) electrons. The minimum Gasteiger partial charge on any atom is -0.378 e. The molecule has 2 aliphatic rings. The summed E-state index contributed by atoms with van der Waals surface area (Å²) in [7, 11) is 0. The minimum absolute atomic E-state index is 0.217. The van der Waals surface area contributed by atoms with Crippen molar-refractivity contribution in [2.45, 2.75) is 18.8 Å². The highest BCUT2D eigenvalue weighted by atomic mass is 16.5. The maximum absolute atomic E-state index is 12.5. The molecule has 4 heterocycles. The van der Waals surface area contributed by atoms with Gasteiger partial charge in [-0.3, -0.25) is 14.3 Å². The van der Waals surface area contributed by atoms with E-state index in [1.54, 1.807) is 12.5 Å². The topological polar surface area (TPSA) is 63.5 Å². The number of carbonyl (C=O) groups is 1. The summed E-state index contributed by atoms with van der Waals surface area (Å²) in [5.41, 5.74) is 1.10. The van der Waals surface area contributed by atoms with Gasteiger partial charge < -0.3 is 9.64 Å². The van der Waals surface area contributed by atoms with E-state index in [0.717, 1.165) is 37.4 Å². The maximum atomic E-state index is 12.5. The number of likely N-dealkylation sites (tertiary alicyclic amines) is 1. The van der Waals surface area contributed by atoms with E-state index >= 15 is 0 Å². The van der Waals surface area contributed by atoms with E-state index in [1.165, 1.54) is 0 Å². The molecular formula is C19H25N5O2. The Morgan fingerprint density at radius 3 is 2.92 bits per heavy atom. The average Bonchev–Trinajstić information content (AvgIpc) is 3.24. The molecule has 0 unspecified atom stereocenters. The fraction of sp³-hybridized carbons (Fsp3) is 0.526. The number of hydrogen-bond acceptors (Lipinski definition) is 5. The lowest BCUT2D eigenvalue weighted by molar-refractivity contribution is -0.136. The Morgan fingerprint density at radius 1 is 1.23 bits per heavy atom. The lowest BCUT2D eigenvalue weighted by atomic mass is 9.94. The molecule has 0 aliphatic carbocycles. The molecule has 2 aliphatic heterocycles. The molecule has 2 saturated heterocycles. The molecule has 2 aromatic rings. The summed E-state index contributed by atoms with van der Waals surface area (Å²) in [5, 5.41) is 0. The van der Waals surface area contributed by atoms with Crippen molar-refractivity contribution in [3.63, 3.8) is 0 Å². The van der Waals surface area contributed by atoms with Crippen LogP contribution in [0.15, 0.2) is 36.9 Å². The van der Waals surface area contributed by atoms with Gasteiger partial charge in [-0.25, -0.2) is 9.97 Å². The summed E-state index contributed by atoms with van der Waals surface area (Å²) >= 11 is 0. The van der Waals surface area contributed by atoms with Crippen LogP contribution in [0.3, 0.4) is 0 Å². The second-order valence-corrected chi connectivity index (χ2v) is 6.96. The van der Waals surface area contributed by atoms with Gasteiger partial charge in [0.1, 0.15) is 12.1 Å². The van der Waals surface area contributed by atoms with E-state index in [9.17, 15) is 4.79 Å². The quantitative estimate of drug-likeness (QED) is 0.827. The molecule has 0 spiro atoms. The Morgan fingerprint density at radius 2 is 2.12 bits per heavy atom. The van der Waals surface area contributed by atoms with Gasteiger partial charge >= 0.3 is 0 Å². The van der Waals surface area contributed by atoms with Gasteiger partial charge in [0.15, 0.2) is 0 Å². The Kier molecular flexibility index (Phi) is 5.26. The zero-order valence-electron chi connectivity index (χ0n) is 15.0. The Labute approximate surface area is 153 Å². The summed E-state index contributed by atoms with van der Waals surface area (Å²) < 4.78 is 7.26. The van der Waals surface area contributed by atoms with E-state index in [0.29, 0.717) is 38.8 Å². The number of rotatable bonds is 4. The molecule has 0 aromatic carbocycles. The van der Waals surface area contributed by atoms with Crippen LogP contribution in [0.2, 0.25) is 0 Å². The smallest absolute Gasteiger partial charge is 0.236 e. The number of carbonyl (C=O) groups excluding carboxylic acids is 1. The van der Waals surface area contributed by atoms with Crippen LogP contribution >= 0.6 is 0 Å². The van der Waals surface area contributed by atoms with Gasteiger partial charge in [-0.2, -0.15) is 0 Å². The number of amides is 1. The van der Waals surface area contributed by atoms with Crippen LogP contribution in [0, 0.1) is 0 Å². The predicted octanol–water partition coefficient (Wildman–Crippen LogP) is 1.31. The molecule has 1 amide bonds. The second kappa shape index (κ2) is 7.97. The fourth-order valence-electron chi connectivity index (χ4n) is 3.75. The van der Waals surface area contributed by atoms with Crippen molar-refractivity contribution in [1.82, 2.24) is 24.3 Å². The van der Waals surface area contributed by atoms with Crippen LogP contribution in [-0.4, -0.2) is 76.2 Å². The van der Waals surface area contributed by atoms with Crippen molar-refractivity contribution in [3.05, 3.63) is 42.6 Å². The van der Waals surface area contributed by atoms with Gasteiger partial charge in [-0.15, -0.1) is 0 Å². The van der Waals surface area contributed by atoms with E-state index in [1.807, 2.05) is 21.7 Å². The van der Waals surface area contributed by atoms with E-state index in [-0.39, 0.29) is 5.91 Å². The van der Waals surface area contributed by atoms with Crippen molar-refractivity contribution in [2.24, 2.45) is 0 Å². The molecule has 138 valence electrons. The lowest BCUT2D eigenvalue weighted by Crippen LogP contribution is -2.47. The zero-order chi connectivity index (χ0) is 17.8. The molecule has 2 aromatic heterocycles. The molecule has 0 bridgehead atoms. The fourth-order valence-corrected chi connectivity index (χ4v) is 3.75. The molecule has 26 heavy (non-hydrogen) atoms. The van der Waals surface area contributed by atoms with Crippen LogP contribution in [-0.2, 0) is 9.53 Å². The maximum Gasteiger partial charge on any atom is 0.236 e. The third-order valence-corrected chi connectivity index (χ3v) is 5.17. The van der Waals surface area contributed by atoms with Gasteiger partial charge in [-0.1, -0.05) is 6.07 Å². The molecule has 7 heteroatoms. The number of morpholine rings is 1. The SMILES string of the molecule is O=C(CN1CCC[C@H](c2cccc(-n3ccnc3)n2)C1)N1CCOCC1. The average molecular weight is 355 g/mol. The van der Waals surface area contributed by atoms with Crippen molar-refractivity contribution in [2.75, 3.05) is 45.9 Å². The minimum atomic E-state index is 0.217. The highest BCUT2D eigenvalue weighted by molar-refractivity contribution is 5.78. The standard InChI is InChI=1S/C19H25N5O2/c25-19(23-9-11-26-12-10-23)14-22-7-2-3-16(13-22)17-4-1-5-18(21-17)24-8-6-20-15-24/h1,4-6,8,15-16H,2-3,7,9-14H2/t16-/m0/s1. The summed E-state index contributed by atoms with van der Waals surface area (Å²) in [5.74, 6) is 1.47. The summed E-state index contributed by atoms with van der Waals surface area (Å²) in [4.78, 5) is 25.6. The molecule has 0 saturated carbocycles. The van der Waals surface area contributed by atoms with Crippen LogP contribution < -0.4 is 0 Å². The molecule has 0 N–H and O–H groups in total. The van der Waals surface area contributed by atoms with Crippen molar-refractivity contribution >= 4 is 5.91 Å². The van der Waals surface area contributed by atoms with E-state index in [4.69, 9.17) is 9.72 Å². The summed E-state index contributed by atoms with van der Waals surface area (Å²) in [6, 6.07) is 6.14. The first-order valence-corrected chi connectivity index (χ1v) is 9.33. The van der Waals surface area contributed by atoms with Gasteiger partial charge in [-0.05, 0) is 31.5 Å². The first-order chi connectivity index (χ1) is 12.8. The highest BCUT2D eigenvalue weighted by Crippen LogP contribution is 2.26. The van der Waals surface area contributed by atoms with Crippen molar-refractivity contribution in [1.29, 1.82) is 0 Å². The Hall–Kier alpha value is -2.25. The first-order valence-electron chi connectivity index (χ1n) is 9.33. The van der Waals surface area contributed by atoms with Gasteiger partial charge in [0, 0.05) is 43.6 Å². The van der Waals surface area contributed by atoms with Crippen LogP contribution in [0.25, 0.3) is 5.82 Å². The number of pyridine rings is 1. The molecular weight excluding hydrogens is 330 g/mol. The molecule has 1 atom stereocenters. The number of imidazole rings is 1. The van der Waals surface area contributed by atoms with Crippen LogP contribution in [0.4, 0.5) is 0 Å². The predicted molar refractivity (Wildman–Crippen MR) is 97.2 cm³/mol. The monoisotopic (exact) mass is 355 g/mol. The van der Waals surface area contributed by atoms with Crippen molar-refractivity contribution in [3.8, 4) is 5.82 Å². The Balaban J connectivity index is 1.40. The molecule has 7 nitrogen and oxygen atoms in total. The van der Waals surface area contributed by atoms with Crippen molar-refractivity contribution < 1.29 is 9.53 Å². The number of ether oxygens (including phenoxy) is 1. The van der Waals surface area contributed by atoms with Gasteiger partial charge in [0.25, 0.3) is 0 Å². The lowest BCUT2D eigenvalue weighted by Gasteiger charge is -2.34. The van der Waals surface area contributed by atoms with E-state index < -0.39 is 0 Å². The van der Waals surface area contributed by atoms with Gasteiger partial charge in [0.2, 0.25) is 5.91 Å². The Bertz CT molecular complexity index is 727. The number of piperidine rings is 1. The third kappa shape index (κ3) is 3.94. The summed E-state index contributed by atoms with van der Waals surface area (Å²) in [6.07, 6.45) is 7.63. The second-order valence-electron chi connectivity index (χ2n) is 6.96. The summed E-state index contributed by atoms with van der Waals surface area (Å²) in [6.45, 7) is 5.09. The van der Waals surface area contributed by atoms with Crippen LogP contribution in [0.1, 0.15) is 24.5 Å². The normalized spacial score (nSPS) is 21.7. The largest absolute Gasteiger partial charge is 0.378 e. The molecule has 2 fully saturated rings. The zero-order valence-corrected chi connectivity index (χ0v) is 15.0. The number of hydrogen-bond donors (Lipinski definition) is 0.